The summed E-state index contributed by atoms with van der Waals surface area (Å²) in [5.41, 5.74) is 1.56. The summed E-state index contributed by atoms with van der Waals surface area (Å²) in [4.78, 5) is 13.4. The maximum Gasteiger partial charge on any atom is 0.419 e. The highest BCUT2D eigenvalue weighted by Crippen LogP contribution is 2.17. The van der Waals surface area contributed by atoms with Crippen molar-refractivity contribution in [3.8, 4) is 0 Å². The Balaban J connectivity index is 2.04. The smallest absolute Gasteiger partial charge is 0.410 e. The Morgan fingerprint density at radius 3 is 2.11 bits per heavy atom. The third-order valence-corrected chi connectivity index (χ3v) is 2.72. The summed E-state index contributed by atoms with van der Waals surface area (Å²) in [6.45, 7) is 3.77. The number of anilines is 1. The van der Waals surface area contributed by atoms with Crippen molar-refractivity contribution in [3.05, 3.63) is 72.8 Å². The summed E-state index contributed by atoms with van der Waals surface area (Å²) in [7, 11) is 1.66. The second-order valence-electron chi connectivity index (χ2n) is 4.05. The fourth-order valence-electron chi connectivity index (χ4n) is 1.61. The normalized spacial score (nSPS) is 9.74. The van der Waals surface area contributed by atoms with Crippen molar-refractivity contribution in [1.29, 1.82) is 0 Å². The molecule has 0 aromatic heterocycles. The van der Waals surface area contributed by atoms with Gasteiger partial charge in [0.1, 0.15) is 5.76 Å². The van der Waals surface area contributed by atoms with Crippen molar-refractivity contribution in [1.82, 2.24) is 0 Å². The zero-order chi connectivity index (χ0) is 13.7. The van der Waals surface area contributed by atoms with Gasteiger partial charge in [-0.05, 0) is 12.1 Å². The Hall–Kier alpha value is -2.55. The molecule has 0 aliphatic rings. The number of nitrogens with zero attached hydrogens (tertiary/aromatic N) is 1. The second kappa shape index (κ2) is 5.87. The predicted molar refractivity (Wildman–Crippen MR) is 76.8 cm³/mol. The van der Waals surface area contributed by atoms with Crippen LogP contribution in [0, 0.1) is 0 Å². The van der Waals surface area contributed by atoms with Crippen LogP contribution < -0.4 is 4.90 Å². The van der Waals surface area contributed by atoms with Gasteiger partial charge in [-0.25, -0.2) is 4.79 Å². The molecule has 3 heteroatoms. The number of carbonyl (C=O) groups is 1. The zero-order valence-electron chi connectivity index (χ0n) is 10.7. The van der Waals surface area contributed by atoms with Gasteiger partial charge >= 0.3 is 6.09 Å². The Morgan fingerprint density at radius 1 is 1.00 bits per heavy atom. The maximum absolute atomic E-state index is 12.0. The second-order valence-corrected chi connectivity index (χ2v) is 4.05. The van der Waals surface area contributed by atoms with Crippen LogP contribution in [-0.4, -0.2) is 13.1 Å². The van der Waals surface area contributed by atoms with Crippen molar-refractivity contribution in [3.63, 3.8) is 0 Å². The molecule has 0 saturated heterocycles. The maximum atomic E-state index is 12.0. The Labute approximate surface area is 112 Å². The number of rotatable bonds is 3. The molecule has 2 rings (SSSR count). The fraction of sp³-hybridized carbons (Fsp3) is 0.0625. The highest BCUT2D eigenvalue weighted by Gasteiger charge is 2.14. The summed E-state index contributed by atoms with van der Waals surface area (Å²) in [6, 6.07) is 18.6. The highest BCUT2D eigenvalue weighted by atomic mass is 16.6. The zero-order valence-corrected chi connectivity index (χ0v) is 10.7. The van der Waals surface area contributed by atoms with E-state index in [0.29, 0.717) is 5.76 Å². The first-order valence-electron chi connectivity index (χ1n) is 5.93. The van der Waals surface area contributed by atoms with Crippen molar-refractivity contribution in [2.45, 2.75) is 0 Å². The van der Waals surface area contributed by atoms with Gasteiger partial charge in [-0.3, -0.25) is 4.90 Å². The summed E-state index contributed by atoms with van der Waals surface area (Å²) < 4.78 is 5.25. The molecule has 0 atom stereocenters. The van der Waals surface area contributed by atoms with Crippen LogP contribution in [0.25, 0.3) is 5.76 Å². The van der Waals surface area contributed by atoms with Gasteiger partial charge in [-0.15, -0.1) is 0 Å². The van der Waals surface area contributed by atoms with Crippen LogP contribution in [0.4, 0.5) is 10.5 Å². The Kier molecular flexibility index (Phi) is 3.98. The molecule has 3 nitrogen and oxygen atoms in total. The largest absolute Gasteiger partial charge is 0.419 e. The van der Waals surface area contributed by atoms with Crippen molar-refractivity contribution >= 4 is 17.5 Å². The first-order valence-corrected chi connectivity index (χ1v) is 5.93. The molecular formula is C16H15NO2. The standard InChI is InChI=1S/C16H15NO2/c1-13(14-9-5-3-6-10-14)19-16(18)17(2)15-11-7-4-8-12-15/h3-12H,1H2,2H3. The number of hydrogen-bond donors (Lipinski definition) is 0. The van der Waals surface area contributed by atoms with Crippen LogP contribution >= 0.6 is 0 Å². The number of hydrogen-bond acceptors (Lipinski definition) is 2. The number of amides is 1. The van der Waals surface area contributed by atoms with Crippen molar-refractivity contribution in [2.75, 3.05) is 11.9 Å². The molecule has 2 aromatic rings. The molecule has 0 N–H and O–H groups in total. The minimum atomic E-state index is -0.458. The molecule has 0 fully saturated rings. The summed E-state index contributed by atoms with van der Waals surface area (Å²) in [5.74, 6) is 0.341. The van der Waals surface area contributed by atoms with Crippen LogP contribution in [0.2, 0.25) is 0 Å². The number of carbonyl (C=O) groups excluding carboxylic acids is 1. The van der Waals surface area contributed by atoms with E-state index in [9.17, 15) is 4.79 Å². The Bertz CT molecular complexity index is 564. The van der Waals surface area contributed by atoms with E-state index in [-0.39, 0.29) is 0 Å². The molecule has 0 bridgehead atoms. The van der Waals surface area contributed by atoms with Crippen molar-refractivity contribution in [2.24, 2.45) is 0 Å². The molecule has 0 unspecified atom stereocenters. The average Bonchev–Trinajstić information content (AvgIpc) is 2.48. The van der Waals surface area contributed by atoms with E-state index in [1.807, 2.05) is 60.7 Å². The fourth-order valence-corrected chi connectivity index (χ4v) is 1.61. The molecule has 19 heavy (non-hydrogen) atoms. The molecule has 0 spiro atoms. The molecule has 0 aliphatic heterocycles. The van der Waals surface area contributed by atoms with E-state index in [2.05, 4.69) is 6.58 Å². The third-order valence-electron chi connectivity index (χ3n) is 2.72. The van der Waals surface area contributed by atoms with E-state index >= 15 is 0 Å². The van der Waals surface area contributed by atoms with E-state index in [4.69, 9.17) is 4.74 Å². The van der Waals surface area contributed by atoms with Gasteiger partial charge in [-0.1, -0.05) is 55.1 Å². The molecule has 1 amide bonds. The van der Waals surface area contributed by atoms with Crippen LogP contribution in [0.1, 0.15) is 5.56 Å². The van der Waals surface area contributed by atoms with Crippen LogP contribution in [0.3, 0.4) is 0 Å². The minimum absolute atomic E-state index is 0.341. The van der Waals surface area contributed by atoms with E-state index in [1.54, 1.807) is 7.05 Å². The first kappa shape index (κ1) is 12.9. The Morgan fingerprint density at radius 2 is 1.53 bits per heavy atom. The third kappa shape index (κ3) is 3.22. The summed E-state index contributed by atoms with van der Waals surface area (Å²) in [6.07, 6.45) is -0.458. The molecule has 2 aromatic carbocycles. The molecule has 0 radical (unpaired) electrons. The lowest BCUT2D eigenvalue weighted by atomic mass is 10.2. The predicted octanol–water partition coefficient (Wildman–Crippen LogP) is 3.93. The van der Waals surface area contributed by atoms with Gasteiger partial charge in [0.25, 0.3) is 0 Å². The van der Waals surface area contributed by atoms with Gasteiger partial charge in [-0.2, -0.15) is 0 Å². The molecule has 0 saturated carbocycles. The molecule has 96 valence electrons. The van der Waals surface area contributed by atoms with Gasteiger partial charge < -0.3 is 4.74 Å². The average molecular weight is 253 g/mol. The molecule has 0 heterocycles. The lowest BCUT2D eigenvalue weighted by Gasteiger charge is -2.17. The summed E-state index contributed by atoms with van der Waals surface area (Å²) >= 11 is 0. The lowest BCUT2D eigenvalue weighted by Crippen LogP contribution is -2.26. The monoisotopic (exact) mass is 253 g/mol. The molecule has 0 aliphatic carbocycles. The van der Waals surface area contributed by atoms with E-state index in [0.717, 1.165) is 11.3 Å². The number of ether oxygens (including phenoxy) is 1. The van der Waals surface area contributed by atoms with Gasteiger partial charge in [0.05, 0.1) is 0 Å². The summed E-state index contributed by atoms with van der Waals surface area (Å²) in [5, 5.41) is 0. The van der Waals surface area contributed by atoms with E-state index in [1.165, 1.54) is 4.90 Å². The van der Waals surface area contributed by atoms with Crippen molar-refractivity contribution < 1.29 is 9.53 Å². The van der Waals surface area contributed by atoms with E-state index < -0.39 is 6.09 Å². The lowest BCUT2D eigenvalue weighted by molar-refractivity contribution is 0.201. The quantitative estimate of drug-likeness (QED) is 0.776. The first-order chi connectivity index (χ1) is 9.18. The minimum Gasteiger partial charge on any atom is -0.410 e. The number of benzene rings is 2. The van der Waals surface area contributed by atoms with Crippen LogP contribution in [0.15, 0.2) is 67.2 Å². The van der Waals surface area contributed by atoms with Crippen LogP contribution in [-0.2, 0) is 4.74 Å². The van der Waals surface area contributed by atoms with Gasteiger partial charge in [0.2, 0.25) is 0 Å². The van der Waals surface area contributed by atoms with Crippen LogP contribution in [0.5, 0.6) is 0 Å². The molecular weight excluding hydrogens is 238 g/mol. The van der Waals surface area contributed by atoms with Gasteiger partial charge in [0, 0.05) is 18.3 Å². The highest BCUT2D eigenvalue weighted by molar-refractivity contribution is 5.90. The SMILES string of the molecule is C=C(OC(=O)N(C)c1ccccc1)c1ccccc1. The topological polar surface area (TPSA) is 29.5 Å². The van der Waals surface area contributed by atoms with Gasteiger partial charge in [0.15, 0.2) is 0 Å². The number of para-hydroxylation sites is 1.